The van der Waals surface area contributed by atoms with Gasteiger partial charge in [-0.15, -0.1) is 11.3 Å². The molecule has 0 bridgehead atoms. The summed E-state index contributed by atoms with van der Waals surface area (Å²) in [5, 5.41) is 9.33. The van der Waals surface area contributed by atoms with E-state index in [2.05, 4.69) is 15.5 Å². The van der Waals surface area contributed by atoms with E-state index in [0.717, 1.165) is 16.3 Å². The third-order valence-electron chi connectivity index (χ3n) is 3.63. The number of amides is 1. The summed E-state index contributed by atoms with van der Waals surface area (Å²) in [7, 11) is 0. The van der Waals surface area contributed by atoms with Crippen molar-refractivity contribution in [3.05, 3.63) is 51.7 Å². The highest BCUT2D eigenvalue weighted by molar-refractivity contribution is 7.09. The lowest BCUT2D eigenvalue weighted by Crippen LogP contribution is -2.21. The summed E-state index contributed by atoms with van der Waals surface area (Å²) < 4.78 is 9.96. The van der Waals surface area contributed by atoms with Crippen LogP contribution < -0.4 is 5.32 Å². The zero-order chi connectivity index (χ0) is 18.7. The van der Waals surface area contributed by atoms with E-state index in [-0.39, 0.29) is 5.56 Å². The Morgan fingerprint density at radius 3 is 2.73 bits per heavy atom. The number of benzene rings is 1. The van der Waals surface area contributed by atoms with Crippen LogP contribution in [0.15, 0.2) is 34.2 Å². The molecule has 3 aromatic rings. The number of anilines is 1. The fourth-order valence-electron chi connectivity index (χ4n) is 2.43. The molecule has 1 amide bonds. The molecule has 2 heterocycles. The summed E-state index contributed by atoms with van der Waals surface area (Å²) in [6.07, 6.45) is 0. The van der Waals surface area contributed by atoms with Gasteiger partial charge in [0, 0.05) is 16.6 Å². The smallest absolute Gasteiger partial charge is 0.344 e. The first-order valence-corrected chi connectivity index (χ1v) is 8.74. The summed E-state index contributed by atoms with van der Waals surface area (Å²) in [5.74, 6) is -0.709. The Balaban J connectivity index is 1.61. The van der Waals surface area contributed by atoms with Crippen molar-refractivity contribution in [2.45, 2.75) is 20.8 Å². The molecule has 0 fully saturated rings. The summed E-state index contributed by atoms with van der Waals surface area (Å²) in [5.41, 5.74) is 3.04. The van der Waals surface area contributed by atoms with Gasteiger partial charge in [0.25, 0.3) is 5.91 Å². The van der Waals surface area contributed by atoms with Crippen LogP contribution in [0, 0.1) is 20.8 Å². The van der Waals surface area contributed by atoms with Gasteiger partial charge in [-0.25, -0.2) is 9.78 Å². The Kier molecular flexibility index (Phi) is 5.13. The van der Waals surface area contributed by atoms with E-state index in [1.807, 2.05) is 30.5 Å². The molecule has 0 spiro atoms. The zero-order valence-electron chi connectivity index (χ0n) is 14.5. The molecule has 0 aliphatic carbocycles. The Morgan fingerprint density at radius 1 is 1.27 bits per heavy atom. The maximum absolute atomic E-state index is 12.1. The summed E-state index contributed by atoms with van der Waals surface area (Å²) in [4.78, 5) is 28.5. The highest BCUT2D eigenvalue weighted by atomic mass is 32.1. The van der Waals surface area contributed by atoms with Crippen molar-refractivity contribution in [2.24, 2.45) is 0 Å². The second-order valence-electron chi connectivity index (χ2n) is 5.66. The third-order valence-corrected chi connectivity index (χ3v) is 4.41. The lowest BCUT2D eigenvalue weighted by atomic mass is 10.1. The molecule has 2 aromatic heterocycles. The Hall–Kier alpha value is -3.00. The van der Waals surface area contributed by atoms with Gasteiger partial charge in [-0.1, -0.05) is 17.3 Å². The van der Waals surface area contributed by atoms with Crippen LogP contribution in [-0.2, 0) is 9.53 Å². The quantitative estimate of drug-likeness (QED) is 0.690. The number of ether oxygens (including phenoxy) is 1. The second kappa shape index (κ2) is 7.49. The van der Waals surface area contributed by atoms with E-state index in [1.54, 1.807) is 31.3 Å². The number of nitrogens with zero attached hydrogens (tertiary/aromatic N) is 2. The van der Waals surface area contributed by atoms with Crippen LogP contribution in [0.4, 0.5) is 5.69 Å². The van der Waals surface area contributed by atoms with Gasteiger partial charge in [0.15, 0.2) is 6.61 Å². The van der Waals surface area contributed by atoms with E-state index in [1.165, 1.54) is 0 Å². The molecule has 0 saturated heterocycles. The molecule has 8 heteroatoms. The van der Waals surface area contributed by atoms with Gasteiger partial charge < -0.3 is 14.6 Å². The van der Waals surface area contributed by atoms with Gasteiger partial charge in [-0.2, -0.15) is 0 Å². The molecular formula is C18H17N3O4S. The first kappa shape index (κ1) is 17.8. The number of hydrogen-bond donors (Lipinski definition) is 1. The van der Waals surface area contributed by atoms with Crippen LogP contribution in [0.5, 0.6) is 0 Å². The number of nitrogens with one attached hydrogen (secondary N) is 1. The number of carbonyl (C=O) groups is 2. The molecular weight excluding hydrogens is 354 g/mol. The van der Waals surface area contributed by atoms with E-state index >= 15 is 0 Å². The topological polar surface area (TPSA) is 94.3 Å². The molecule has 0 unspecified atom stereocenters. The standard InChI is InChI=1S/C18H17N3O4S/c1-10-17(11(2)25-21-10)18(23)24-8-16(22)20-14-6-4-5-13(7-14)15-9-26-12(3)19-15/h4-7,9H,8H2,1-3H3,(H,20,22). The van der Waals surface area contributed by atoms with Gasteiger partial charge in [0.05, 0.1) is 16.4 Å². The minimum Gasteiger partial charge on any atom is -0.452 e. The van der Waals surface area contributed by atoms with Crippen molar-refractivity contribution in [3.63, 3.8) is 0 Å². The normalized spacial score (nSPS) is 10.6. The molecule has 0 radical (unpaired) electrons. The molecule has 7 nitrogen and oxygen atoms in total. The van der Waals surface area contributed by atoms with Gasteiger partial charge in [0.1, 0.15) is 11.3 Å². The maximum atomic E-state index is 12.1. The predicted molar refractivity (Wildman–Crippen MR) is 97.2 cm³/mol. The molecule has 0 saturated carbocycles. The van der Waals surface area contributed by atoms with Crippen LogP contribution in [0.2, 0.25) is 0 Å². The molecule has 0 aliphatic heterocycles. The van der Waals surface area contributed by atoms with Crippen LogP contribution in [-0.4, -0.2) is 28.6 Å². The highest BCUT2D eigenvalue weighted by Crippen LogP contribution is 2.24. The lowest BCUT2D eigenvalue weighted by molar-refractivity contribution is -0.119. The SMILES string of the molecule is Cc1nc(-c2cccc(NC(=O)COC(=O)c3c(C)noc3C)c2)cs1. The van der Waals surface area contributed by atoms with Crippen LogP contribution >= 0.6 is 11.3 Å². The Labute approximate surface area is 154 Å². The molecule has 26 heavy (non-hydrogen) atoms. The third kappa shape index (κ3) is 3.97. The summed E-state index contributed by atoms with van der Waals surface area (Å²) in [6.45, 7) is 4.79. The molecule has 1 N–H and O–H groups in total. The largest absolute Gasteiger partial charge is 0.452 e. The minimum absolute atomic E-state index is 0.249. The molecule has 1 aromatic carbocycles. The second-order valence-corrected chi connectivity index (χ2v) is 6.72. The van der Waals surface area contributed by atoms with Gasteiger partial charge in [-0.3, -0.25) is 4.79 Å². The number of aromatic nitrogens is 2. The summed E-state index contributed by atoms with van der Waals surface area (Å²) in [6, 6.07) is 7.33. The highest BCUT2D eigenvalue weighted by Gasteiger charge is 2.20. The first-order valence-electron chi connectivity index (χ1n) is 7.86. The van der Waals surface area contributed by atoms with Gasteiger partial charge in [-0.05, 0) is 32.9 Å². The van der Waals surface area contributed by atoms with E-state index in [4.69, 9.17) is 9.26 Å². The maximum Gasteiger partial charge on any atom is 0.344 e. The monoisotopic (exact) mass is 371 g/mol. The number of aryl methyl sites for hydroxylation is 3. The van der Waals surface area contributed by atoms with Crippen LogP contribution in [0.25, 0.3) is 11.3 Å². The van der Waals surface area contributed by atoms with Crippen molar-refractivity contribution in [1.29, 1.82) is 0 Å². The fourth-order valence-corrected chi connectivity index (χ4v) is 3.05. The van der Waals surface area contributed by atoms with Crippen molar-refractivity contribution in [2.75, 3.05) is 11.9 Å². The molecule has 3 rings (SSSR count). The Morgan fingerprint density at radius 2 is 2.08 bits per heavy atom. The number of rotatable bonds is 5. The van der Waals surface area contributed by atoms with Gasteiger partial charge in [0.2, 0.25) is 0 Å². The molecule has 0 aliphatic rings. The number of esters is 1. The van der Waals surface area contributed by atoms with Crippen molar-refractivity contribution >= 4 is 28.9 Å². The number of thiazole rings is 1. The van der Waals surface area contributed by atoms with Crippen molar-refractivity contribution in [3.8, 4) is 11.3 Å². The first-order chi connectivity index (χ1) is 12.4. The molecule has 134 valence electrons. The fraction of sp³-hybridized carbons (Fsp3) is 0.222. The Bertz CT molecular complexity index is 942. The minimum atomic E-state index is -0.636. The number of hydrogen-bond acceptors (Lipinski definition) is 7. The van der Waals surface area contributed by atoms with Crippen molar-refractivity contribution in [1.82, 2.24) is 10.1 Å². The number of carbonyl (C=O) groups excluding carboxylic acids is 2. The zero-order valence-corrected chi connectivity index (χ0v) is 15.3. The van der Waals surface area contributed by atoms with Gasteiger partial charge >= 0.3 is 5.97 Å². The van der Waals surface area contributed by atoms with Crippen molar-refractivity contribution < 1.29 is 18.8 Å². The average molecular weight is 371 g/mol. The summed E-state index contributed by atoms with van der Waals surface area (Å²) >= 11 is 1.56. The van der Waals surface area contributed by atoms with E-state index in [0.29, 0.717) is 17.1 Å². The van der Waals surface area contributed by atoms with Crippen LogP contribution in [0.1, 0.15) is 26.8 Å². The average Bonchev–Trinajstić information content (AvgIpc) is 3.19. The van der Waals surface area contributed by atoms with E-state index in [9.17, 15) is 9.59 Å². The predicted octanol–water partition coefficient (Wildman–Crippen LogP) is 3.52. The molecule has 0 atom stereocenters. The van der Waals surface area contributed by atoms with E-state index < -0.39 is 18.5 Å². The van der Waals surface area contributed by atoms with Crippen LogP contribution in [0.3, 0.4) is 0 Å². The lowest BCUT2D eigenvalue weighted by Gasteiger charge is -2.07.